The lowest BCUT2D eigenvalue weighted by Gasteiger charge is -2.15. The van der Waals surface area contributed by atoms with Crippen LogP contribution in [-0.2, 0) is 9.63 Å². The highest BCUT2D eigenvalue weighted by Gasteiger charge is 2.16. The summed E-state index contributed by atoms with van der Waals surface area (Å²) in [4.78, 5) is 25.3. The van der Waals surface area contributed by atoms with Crippen LogP contribution in [-0.4, -0.2) is 23.1 Å². The number of hydrogen-bond donors (Lipinski definition) is 2. The summed E-state index contributed by atoms with van der Waals surface area (Å²) in [5.41, 5.74) is 3.10. The topological polar surface area (TPSA) is 102 Å². The molecule has 0 fully saturated rings. The smallest absolute Gasteiger partial charge is 0.305 e. The Kier molecular flexibility index (Phi) is 4.56. The number of rotatable bonds is 6. The lowest BCUT2D eigenvalue weighted by Crippen LogP contribution is -2.22. The maximum Gasteiger partial charge on any atom is 0.305 e. The minimum absolute atomic E-state index is 0.0414. The third-order valence-electron chi connectivity index (χ3n) is 2.15. The zero-order valence-corrected chi connectivity index (χ0v) is 9.12. The van der Waals surface area contributed by atoms with E-state index < -0.39 is 16.9 Å². The van der Waals surface area contributed by atoms with Crippen LogP contribution < -0.4 is 5.48 Å². The largest absolute Gasteiger partial charge is 0.481 e. The number of nitrogens with one attached hydrogen (secondary N) is 1. The van der Waals surface area contributed by atoms with Crippen LogP contribution in [0.15, 0.2) is 24.3 Å². The molecule has 0 heterocycles. The Bertz CT molecular complexity index is 404. The van der Waals surface area contributed by atoms with Crippen LogP contribution in [0.1, 0.15) is 18.0 Å². The van der Waals surface area contributed by atoms with E-state index in [4.69, 9.17) is 5.11 Å². The zero-order valence-electron chi connectivity index (χ0n) is 9.12. The molecule has 0 aliphatic carbocycles. The van der Waals surface area contributed by atoms with Crippen molar-refractivity contribution in [2.24, 2.45) is 0 Å². The minimum Gasteiger partial charge on any atom is -0.481 e. The molecule has 0 radical (unpaired) electrons. The van der Waals surface area contributed by atoms with Crippen molar-refractivity contribution in [2.75, 3.05) is 7.11 Å². The predicted molar refractivity (Wildman–Crippen MR) is 58.2 cm³/mol. The molecular weight excluding hydrogens is 228 g/mol. The van der Waals surface area contributed by atoms with Crippen LogP contribution in [0.2, 0.25) is 0 Å². The second-order valence-corrected chi connectivity index (χ2v) is 3.32. The van der Waals surface area contributed by atoms with Crippen LogP contribution >= 0.6 is 0 Å². The monoisotopic (exact) mass is 240 g/mol. The van der Waals surface area contributed by atoms with Gasteiger partial charge in [-0.25, -0.2) is 0 Å². The van der Waals surface area contributed by atoms with Crippen molar-refractivity contribution in [3.8, 4) is 0 Å². The van der Waals surface area contributed by atoms with Gasteiger partial charge in [-0.3, -0.25) is 14.9 Å². The van der Waals surface area contributed by atoms with Gasteiger partial charge >= 0.3 is 5.97 Å². The molecule has 1 atom stereocenters. The van der Waals surface area contributed by atoms with E-state index in [1.54, 1.807) is 0 Å². The fraction of sp³-hybridized carbons (Fsp3) is 0.300. The molecule has 0 unspecified atom stereocenters. The molecule has 0 saturated heterocycles. The Morgan fingerprint density at radius 3 is 2.53 bits per heavy atom. The van der Waals surface area contributed by atoms with Crippen molar-refractivity contribution >= 4 is 11.7 Å². The van der Waals surface area contributed by atoms with E-state index in [-0.39, 0.29) is 12.1 Å². The van der Waals surface area contributed by atoms with E-state index in [9.17, 15) is 14.9 Å². The zero-order chi connectivity index (χ0) is 12.8. The first-order chi connectivity index (χ1) is 8.04. The van der Waals surface area contributed by atoms with Crippen LogP contribution in [0.4, 0.5) is 5.69 Å². The van der Waals surface area contributed by atoms with Gasteiger partial charge in [0.2, 0.25) is 0 Å². The lowest BCUT2D eigenvalue weighted by molar-refractivity contribution is -0.384. The standard InChI is InChI=1S/C10H12N2O5/c1-17-11-9(6-10(13)14)7-2-4-8(5-3-7)12(15)16/h2-5,9,11H,6H2,1H3,(H,13,14)/t9-/m1/s1. The quantitative estimate of drug-likeness (QED) is 0.573. The van der Waals surface area contributed by atoms with Crippen molar-refractivity contribution in [2.45, 2.75) is 12.5 Å². The number of non-ortho nitro benzene ring substituents is 1. The first-order valence-electron chi connectivity index (χ1n) is 4.79. The summed E-state index contributed by atoms with van der Waals surface area (Å²) in [6.07, 6.45) is -0.175. The Morgan fingerprint density at radius 1 is 1.53 bits per heavy atom. The number of carboxylic acid groups (broad SMARTS) is 1. The molecule has 0 spiro atoms. The van der Waals surface area contributed by atoms with Crippen LogP contribution in [0.3, 0.4) is 0 Å². The summed E-state index contributed by atoms with van der Waals surface area (Å²) >= 11 is 0. The average Bonchev–Trinajstić information content (AvgIpc) is 2.28. The second kappa shape index (κ2) is 5.92. The van der Waals surface area contributed by atoms with E-state index in [1.165, 1.54) is 31.4 Å². The number of benzene rings is 1. The molecule has 1 rings (SSSR count). The van der Waals surface area contributed by atoms with Crippen molar-refractivity contribution in [3.05, 3.63) is 39.9 Å². The van der Waals surface area contributed by atoms with Crippen molar-refractivity contribution in [1.29, 1.82) is 0 Å². The van der Waals surface area contributed by atoms with Gasteiger partial charge in [0.15, 0.2) is 0 Å². The predicted octanol–water partition coefficient (Wildman–Crippen LogP) is 1.26. The molecule has 1 aromatic carbocycles. The maximum absolute atomic E-state index is 10.6. The fourth-order valence-corrected chi connectivity index (χ4v) is 1.37. The van der Waals surface area contributed by atoms with E-state index in [1.807, 2.05) is 0 Å². The van der Waals surface area contributed by atoms with Crippen LogP contribution in [0.5, 0.6) is 0 Å². The molecule has 92 valence electrons. The second-order valence-electron chi connectivity index (χ2n) is 3.32. The lowest BCUT2D eigenvalue weighted by atomic mass is 10.0. The summed E-state index contributed by atoms with van der Waals surface area (Å²) in [5, 5.41) is 19.2. The van der Waals surface area contributed by atoms with E-state index >= 15 is 0 Å². The molecule has 0 amide bonds. The number of nitro benzene ring substituents is 1. The van der Waals surface area contributed by atoms with Gasteiger partial charge in [-0.05, 0) is 5.56 Å². The van der Waals surface area contributed by atoms with E-state index in [2.05, 4.69) is 10.3 Å². The number of nitro groups is 1. The number of carboxylic acids is 1. The van der Waals surface area contributed by atoms with Gasteiger partial charge in [0.1, 0.15) is 0 Å². The number of nitrogens with zero attached hydrogens (tertiary/aromatic N) is 1. The van der Waals surface area contributed by atoms with Gasteiger partial charge in [-0.2, -0.15) is 5.48 Å². The molecule has 0 aliphatic heterocycles. The summed E-state index contributed by atoms with van der Waals surface area (Å²) in [7, 11) is 1.38. The molecule has 0 bridgehead atoms. The van der Waals surface area contributed by atoms with Crippen LogP contribution in [0.25, 0.3) is 0 Å². The Morgan fingerprint density at radius 2 is 2.12 bits per heavy atom. The van der Waals surface area contributed by atoms with E-state index in [0.29, 0.717) is 5.56 Å². The molecule has 17 heavy (non-hydrogen) atoms. The highest BCUT2D eigenvalue weighted by molar-refractivity contribution is 5.67. The average molecular weight is 240 g/mol. The third-order valence-corrected chi connectivity index (χ3v) is 2.15. The molecular formula is C10H12N2O5. The molecule has 1 aromatic rings. The first kappa shape index (κ1) is 13.1. The molecule has 0 saturated carbocycles. The number of hydroxylamine groups is 1. The Hall–Kier alpha value is -1.99. The highest BCUT2D eigenvalue weighted by atomic mass is 16.6. The third kappa shape index (κ3) is 3.82. The van der Waals surface area contributed by atoms with Crippen molar-refractivity contribution in [3.63, 3.8) is 0 Å². The molecule has 7 nitrogen and oxygen atoms in total. The van der Waals surface area contributed by atoms with Crippen LogP contribution in [0, 0.1) is 10.1 Å². The Balaban J connectivity index is 2.86. The van der Waals surface area contributed by atoms with Crippen molar-refractivity contribution < 1.29 is 19.7 Å². The summed E-state index contributed by atoms with van der Waals surface area (Å²) in [6, 6.07) is 5.09. The van der Waals surface area contributed by atoms with Gasteiger partial charge in [0.05, 0.1) is 24.5 Å². The van der Waals surface area contributed by atoms with Gasteiger partial charge in [0, 0.05) is 12.1 Å². The summed E-state index contributed by atoms with van der Waals surface area (Å²) < 4.78 is 0. The SMILES string of the molecule is CON[C@H](CC(=O)O)c1ccc([N+](=O)[O-])cc1. The molecule has 0 aromatic heterocycles. The molecule has 0 aliphatic rings. The van der Waals surface area contributed by atoms with Crippen molar-refractivity contribution in [1.82, 2.24) is 5.48 Å². The van der Waals surface area contributed by atoms with Gasteiger partial charge < -0.3 is 9.94 Å². The first-order valence-corrected chi connectivity index (χ1v) is 4.79. The highest BCUT2D eigenvalue weighted by Crippen LogP contribution is 2.20. The summed E-state index contributed by atoms with van der Waals surface area (Å²) in [5.74, 6) is -0.988. The van der Waals surface area contributed by atoms with Gasteiger partial charge in [-0.15, -0.1) is 0 Å². The van der Waals surface area contributed by atoms with Gasteiger partial charge in [-0.1, -0.05) is 12.1 Å². The summed E-state index contributed by atoms with van der Waals surface area (Å²) in [6.45, 7) is 0. The normalized spacial score (nSPS) is 12.1. The number of carbonyl (C=O) groups is 1. The molecule has 2 N–H and O–H groups in total. The number of hydrogen-bond acceptors (Lipinski definition) is 5. The Labute approximate surface area is 97.1 Å². The molecule has 7 heteroatoms. The van der Waals surface area contributed by atoms with E-state index in [0.717, 1.165) is 0 Å². The fourth-order valence-electron chi connectivity index (χ4n) is 1.37. The number of aliphatic carboxylic acids is 1. The minimum atomic E-state index is -0.988. The van der Waals surface area contributed by atoms with Gasteiger partial charge in [0.25, 0.3) is 5.69 Å². The maximum atomic E-state index is 10.6.